The number of hydrogen-bond donors (Lipinski definition) is 4. The molecule has 274 valence electrons. The Labute approximate surface area is 304 Å². The number of fused-ring (bicyclic) bond motifs is 1. The predicted octanol–water partition coefficient (Wildman–Crippen LogP) is 6.47. The quantitative estimate of drug-likeness (QED) is 0.159. The van der Waals surface area contributed by atoms with Crippen molar-refractivity contribution in [3.8, 4) is 0 Å². The van der Waals surface area contributed by atoms with Crippen LogP contribution in [0.5, 0.6) is 0 Å². The number of amides is 2. The monoisotopic (exact) mass is 705 g/mol. The Balaban J connectivity index is 0.840. The van der Waals surface area contributed by atoms with Gasteiger partial charge in [0.2, 0.25) is 0 Å². The van der Waals surface area contributed by atoms with E-state index in [1.54, 1.807) is 0 Å². The van der Waals surface area contributed by atoms with Gasteiger partial charge in [0.25, 0.3) is 0 Å². The number of aromatic amines is 1. The van der Waals surface area contributed by atoms with Crippen molar-refractivity contribution in [3.63, 3.8) is 0 Å². The number of likely N-dealkylation sites (tertiary alicyclic amines) is 1. The maximum atomic E-state index is 13.1. The van der Waals surface area contributed by atoms with Crippen molar-refractivity contribution in [1.82, 2.24) is 25.1 Å². The van der Waals surface area contributed by atoms with Crippen LogP contribution >= 0.6 is 0 Å². The largest absolute Gasteiger partial charge is 0.392 e. The summed E-state index contributed by atoms with van der Waals surface area (Å²) < 4.78 is 15.2. The third kappa shape index (κ3) is 6.94. The van der Waals surface area contributed by atoms with Crippen LogP contribution in [0.1, 0.15) is 98.5 Å². The SMILES string of the molecule is O=C(NCc1ccc([C@@H]2O[C@H](CN3CCC(n4c(=O)[nH]c5ccccc54)CC3)C[C@H](c3ccc(CO)cc3)O2)cc1)NC12CC3CC(CC(C3)C1)C2. The highest BCUT2D eigenvalue weighted by Crippen LogP contribution is 2.55. The number of rotatable bonds is 9. The normalized spacial score (nSPS) is 30.5. The van der Waals surface area contributed by atoms with Gasteiger partial charge in [-0.25, -0.2) is 9.59 Å². The van der Waals surface area contributed by atoms with E-state index in [1.807, 2.05) is 53.1 Å². The summed E-state index contributed by atoms with van der Waals surface area (Å²) in [6, 6.07) is 24.2. The minimum atomic E-state index is -0.537. The van der Waals surface area contributed by atoms with Crippen molar-refractivity contribution in [2.24, 2.45) is 17.8 Å². The van der Waals surface area contributed by atoms with Gasteiger partial charge in [-0.3, -0.25) is 4.57 Å². The molecule has 3 atom stereocenters. The molecule has 3 aromatic carbocycles. The number of ether oxygens (including phenoxy) is 2. The fourth-order valence-corrected chi connectivity index (χ4v) is 10.6. The maximum absolute atomic E-state index is 13.1. The molecule has 4 aliphatic carbocycles. The molecule has 6 aliphatic rings. The average Bonchev–Trinajstić information content (AvgIpc) is 3.49. The first-order valence-corrected chi connectivity index (χ1v) is 19.5. The Morgan fingerprint density at radius 3 is 2.17 bits per heavy atom. The van der Waals surface area contributed by atoms with Crippen LogP contribution in [-0.2, 0) is 22.6 Å². The van der Waals surface area contributed by atoms with Gasteiger partial charge in [0.1, 0.15) is 0 Å². The number of nitrogens with zero attached hydrogens (tertiary/aromatic N) is 2. The van der Waals surface area contributed by atoms with Gasteiger partial charge < -0.3 is 35.1 Å². The van der Waals surface area contributed by atoms with E-state index in [0.29, 0.717) is 6.54 Å². The molecule has 1 aromatic heterocycles. The zero-order valence-corrected chi connectivity index (χ0v) is 29.8. The molecule has 4 saturated carbocycles. The van der Waals surface area contributed by atoms with Gasteiger partial charge in [0, 0.05) is 49.7 Å². The highest BCUT2D eigenvalue weighted by molar-refractivity contribution is 5.75. The van der Waals surface area contributed by atoms with Gasteiger partial charge >= 0.3 is 11.7 Å². The molecule has 2 amide bonds. The molecule has 0 radical (unpaired) electrons. The van der Waals surface area contributed by atoms with Crippen molar-refractivity contribution in [2.45, 2.75) is 101 Å². The number of nitrogens with one attached hydrogen (secondary N) is 3. The predicted molar refractivity (Wildman–Crippen MR) is 198 cm³/mol. The van der Waals surface area contributed by atoms with Gasteiger partial charge in [0.15, 0.2) is 6.29 Å². The lowest BCUT2D eigenvalue weighted by molar-refractivity contribution is -0.253. The highest BCUT2D eigenvalue weighted by atomic mass is 16.7. The van der Waals surface area contributed by atoms with Crippen molar-refractivity contribution in [3.05, 3.63) is 106 Å². The molecule has 2 aliphatic heterocycles. The second-order valence-corrected chi connectivity index (χ2v) is 16.4. The number of hydrogen-bond acceptors (Lipinski definition) is 6. The van der Waals surface area contributed by atoms with Crippen LogP contribution < -0.4 is 16.3 Å². The minimum Gasteiger partial charge on any atom is -0.392 e. The molecule has 4 N–H and O–H groups in total. The standard InChI is InChI=1S/C42H51N5O5/c48-26-28-7-9-32(10-8-28)38-20-35(25-46-15-13-34(14-16-46)47-37-4-2-1-3-36(37)44-41(47)50)51-39(52-38)33-11-5-27(6-12-33)24-43-40(49)45-42-21-29-17-30(22-42)19-31(18-29)23-42/h1-12,29-31,34-35,38-39,48H,13-26H2,(H,44,50)(H2,43,45,49)/t29?,30?,31?,35-,38+,39+,42?/m0/s1. The number of aromatic nitrogens is 2. The topological polar surface area (TPSA) is 121 Å². The molecule has 3 heterocycles. The van der Waals surface area contributed by atoms with Crippen molar-refractivity contribution < 1.29 is 19.4 Å². The van der Waals surface area contributed by atoms with E-state index in [-0.39, 0.29) is 42.1 Å². The van der Waals surface area contributed by atoms with Crippen LogP contribution in [0.15, 0.2) is 77.6 Å². The number of H-pyrrole nitrogens is 1. The molecule has 4 aromatic rings. The van der Waals surface area contributed by atoms with Crippen molar-refractivity contribution in [1.29, 1.82) is 0 Å². The number of imidazole rings is 1. The number of aliphatic hydroxyl groups excluding tert-OH is 1. The van der Waals surface area contributed by atoms with Crippen LogP contribution in [-0.4, -0.2) is 56.9 Å². The first kappa shape index (κ1) is 33.8. The molecule has 52 heavy (non-hydrogen) atoms. The summed E-state index contributed by atoms with van der Waals surface area (Å²) >= 11 is 0. The fourth-order valence-electron chi connectivity index (χ4n) is 10.6. The average molecular weight is 706 g/mol. The van der Waals surface area contributed by atoms with Crippen LogP contribution in [0.25, 0.3) is 11.0 Å². The zero-order valence-electron chi connectivity index (χ0n) is 29.8. The van der Waals surface area contributed by atoms with Crippen LogP contribution in [0, 0.1) is 17.8 Å². The van der Waals surface area contributed by atoms with Gasteiger partial charge in [0.05, 0.1) is 29.8 Å². The summed E-state index contributed by atoms with van der Waals surface area (Å²) in [5, 5.41) is 16.2. The van der Waals surface area contributed by atoms with Crippen molar-refractivity contribution in [2.75, 3.05) is 19.6 Å². The van der Waals surface area contributed by atoms with Crippen LogP contribution in [0.3, 0.4) is 0 Å². The Kier molecular flexibility index (Phi) is 9.19. The molecule has 4 bridgehead atoms. The van der Waals surface area contributed by atoms with E-state index in [1.165, 1.54) is 19.3 Å². The van der Waals surface area contributed by atoms with Gasteiger partial charge in [-0.05, 0) is 97.9 Å². The first-order valence-electron chi connectivity index (χ1n) is 19.5. The highest BCUT2D eigenvalue weighted by Gasteiger charge is 2.51. The Morgan fingerprint density at radius 2 is 1.48 bits per heavy atom. The lowest BCUT2D eigenvalue weighted by atomic mass is 9.53. The number of aliphatic hydroxyl groups is 1. The molecule has 10 heteroatoms. The number of para-hydroxylation sites is 2. The third-order valence-electron chi connectivity index (χ3n) is 12.7. The number of carbonyl (C=O) groups excluding carboxylic acids is 1. The fraction of sp³-hybridized carbons (Fsp3) is 0.524. The van der Waals surface area contributed by atoms with Gasteiger partial charge in [-0.2, -0.15) is 0 Å². The summed E-state index contributed by atoms with van der Waals surface area (Å²) in [4.78, 5) is 31.4. The molecule has 2 saturated heterocycles. The molecule has 0 unspecified atom stereocenters. The first-order chi connectivity index (χ1) is 25.4. The summed E-state index contributed by atoms with van der Waals surface area (Å²) in [7, 11) is 0. The van der Waals surface area contributed by atoms with E-state index in [2.05, 4.69) is 44.8 Å². The Bertz CT molecular complexity index is 1890. The van der Waals surface area contributed by atoms with E-state index < -0.39 is 6.29 Å². The Morgan fingerprint density at radius 1 is 0.827 bits per heavy atom. The minimum absolute atomic E-state index is 0.00358. The number of piperidine rings is 1. The summed E-state index contributed by atoms with van der Waals surface area (Å²) in [6.07, 6.45) is 9.26. The van der Waals surface area contributed by atoms with Crippen LogP contribution in [0.2, 0.25) is 0 Å². The lowest BCUT2D eigenvalue weighted by Crippen LogP contribution is -2.61. The molecule has 0 spiro atoms. The van der Waals surface area contributed by atoms with Gasteiger partial charge in [-0.1, -0.05) is 60.7 Å². The molecule has 10 nitrogen and oxygen atoms in total. The number of urea groups is 1. The maximum Gasteiger partial charge on any atom is 0.326 e. The number of benzene rings is 3. The second-order valence-electron chi connectivity index (χ2n) is 16.4. The molecular weight excluding hydrogens is 654 g/mol. The third-order valence-corrected chi connectivity index (χ3v) is 12.7. The summed E-state index contributed by atoms with van der Waals surface area (Å²) in [6.45, 7) is 3.02. The molecule has 6 fully saturated rings. The second kappa shape index (κ2) is 14.1. The number of carbonyl (C=O) groups is 1. The summed E-state index contributed by atoms with van der Waals surface area (Å²) in [5.74, 6) is 2.37. The van der Waals surface area contributed by atoms with E-state index in [4.69, 9.17) is 9.47 Å². The zero-order chi connectivity index (χ0) is 35.2. The van der Waals surface area contributed by atoms with Crippen LogP contribution in [0.4, 0.5) is 4.79 Å². The van der Waals surface area contributed by atoms with E-state index in [0.717, 1.165) is 109 Å². The summed E-state index contributed by atoms with van der Waals surface area (Å²) in [5.41, 5.74) is 5.74. The molecule has 10 rings (SSSR count). The smallest absolute Gasteiger partial charge is 0.326 e. The van der Waals surface area contributed by atoms with E-state index >= 15 is 0 Å². The van der Waals surface area contributed by atoms with Crippen molar-refractivity contribution >= 4 is 17.1 Å². The van der Waals surface area contributed by atoms with Gasteiger partial charge in [-0.15, -0.1) is 0 Å². The lowest BCUT2D eigenvalue weighted by Gasteiger charge is -2.56. The Hall–Kier alpha value is -3.96. The van der Waals surface area contributed by atoms with E-state index in [9.17, 15) is 14.7 Å². The molecular formula is C42H51N5O5.